The van der Waals surface area contributed by atoms with Gasteiger partial charge in [-0.25, -0.2) is 0 Å². The second kappa shape index (κ2) is 6.99. The lowest BCUT2D eigenvalue weighted by Gasteiger charge is -2.37. The number of rotatable bonds is 4. The fourth-order valence-electron chi connectivity index (χ4n) is 3.62. The Hall–Kier alpha value is -1.10. The van der Waals surface area contributed by atoms with Gasteiger partial charge in [0.2, 0.25) is 11.8 Å². The summed E-state index contributed by atoms with van der Waals surface area (Å²) in [6.07, 6.45) is 7.63. The van der Waals surface area contributed by atoms with Crippen LogP contribution in [-0.4, -0.2) is 59.9 Å². The van der Waals surface area contributed by atoms with Crippen molar-refractivity contribution in [2.75, 3.05) is 26.2 Å². The van der Waals surface area contributed by atoms with Gasteiger partial charge in [-0.15, -0.1) is 0 Å². The summed E-state index contributed by atoms with van der Waals surface area (Å²) >= 11 is 0. The molecule has 3 aliphatic rings. The van der Waals surface area contributed by atoms with Crippen LogP contribution >= 0.6 is 0 Å². The van der Waals surface area contributed by atoms with Crippen LogP contribution in [0.3, 0.4) is 0 Å². The monoisotopic (exact) mass is 307 g/mol. The molecule has 124 valence electrons. The van der Waals surface area contributed by atoms with Crippen LogP contribution in [0.25, 0.3) is 0 Å². The SMILES string of the molecule is CC(C(=O)NC1CC1)N1CCC(C(=O)N2CCCCC2)CC1. The zero-order valence-corrected chi connectivity index (χ0v) is 13.7. The lowest BCUT2D eigenvalue weighted by Crippen LogP contribution is -2.50. The molecule has 0 radical (unpaired) electrons. The van der Waals surface area contributed by atoms with E-state index in [4.69, 9.17) is 0 Å². The quantitative estimate of drug-likeness (QED) is 0.854. The summed E-state index contributed by atoms with van der Waals surface area (Å²) in [5.74, 6) is 0.686. The average Bonchev–Trinajstić information content (AvgIpc) is 3.38. The number of carbonyl (C=O) groups is 2. The largest absolute Gasteiger partial charge is 0.352 e. The Balaban J connectivity index is 1.44. The predicted molar refractivity (Wildman–Crippen MR) is 85.4 cm³/mol. The van der Waals surface area contributed by atoms with E-state index in [2.05, 4.69) is 15.1 Å². The number of likely N-dealkylation sites (tertiary alicyclic amines) is 2. The molecule has 1 atom stereocenters. The van der Waals surface area contributed by atoms with E-state index in [1.165, 1.54) is 6.42 Å². The molecule has 3 rings (SSSR count). The van der Waals surface area contributed by atoms with Crippen LogP contribution in [0.15, 0.2) is 0 Å². The van der Waals surface area contributed by atoms with Crippen molar-refractivity contribution < 1.29 is 9.59 Å². The van der Waals surface area contributed by atoms with Gasteiger partial charge in [-0.05, 0) is 65.0 Å². The Kier molecular flexibility index (Phi) is 5.01. The van der Waals surface area contributed by atoms with Crippen molar-refractivity contribution in [3.05, 3.63) is 0 Å². The van der Waals surface area contributed by atoms with Crippen LogP contribution in [0, 0.1) is 5.92 Å². The molecule has 1 saturated carbocycles. The van der Waals surface area contributed by atoms with Gasteiger partial charge in [0, 0.05) is 25.0 Å². The molecule has 0 aromatic carbocycles. The molecule has 1 aliphatic carbocycles. The minimum absolute atomic E-state index is 0.0633. The minimum Gasteiger partial charge on any atom is -0.352 e. The van der Waals surface area contributed by atoms with Crippen molar-refractivity contribution in [2.24, 2.45) is 5.92 Å². The van der Waals surface area contributed by atoms with Gasteiger partial charge in [-0.2, -0.15) is 0 Å². The molecule has 22 heavy (non-hydrogen) atoms. The molecule has 0 aromatic heterocycles. The summed E-state index contributed by atoms with van der Waals surface area (Å²) in [5.41, 5.74) is 0. The van der Waals surface area contributed by atoms with Gasteiger partial charge in [0.25, 0.3) is 0 Å². The van der Waals surface area contributed by atoms with Gasteiger partial charge in [0.05, 0.1) is 6.04 Å². The first-order valence-corrected chi connectivity index (χ1v) is 8.98. The molecule has 5 heteroatoms. The van der Waals surface area contributed by atoms with Crippen molar-refractivity contribution in [1.82, 2.24) is 15.1 Å². The third-order valence-corrected chi connectivity index (χ3v) is 5.40. The maximum atomic E-state index is 12.5. The predicted octanol–water partition coefficient (Wildman–Crippen LogP) is 1.38. The van der Waals surface area contributed by atoms with E-state index in [0.717, 1.165) is 64.7 Å². The van der Waals surface area contributed by atoms with E-state index in [1.807, 2.05) is 6.92 Å². The summed E-state index contributed by atoms with van der Waals surface area (Å²) in [6.45, 7) is 5.61. The van der Waals surface area contributed by atoms with Crippen LogP contribution in [0.2, 0.25) is 0 Å². The highest BCUT2D eigenvalue weighted by molar-refractivity contribution is 5.82. The van der Waals surface area contributed by atoms with Gasteiger partial charge in [0.1, 0.15) is 0 Å². The maximum absolute atomic E-state index is 12.5. The van der Waals surface area contributed by atoms with Crippen molar-refractivity contribution >= 4 is 11.8 Å². The number of carbonyl (C=O) groups excluding carboxylic acids is 2. The molecular weight excluding hydrogens is 278 g/mol. The Morgan fingerprint density at radius 2 is 1.59 bits per heavy atom. The molecule has 2 aliphatic heterocycles. The molecule has 0 bridgehead atoms. The van der Waals surface area contributed by atoms with E-state index in [1.54, 1.807) is 0 Å². The number of nitrogens with one attached hydrogen (secondary N) is 1. The van der Waals surface area contributed by atoms with E-state index in [9.17, 15) is 9.59 Å². The fourth-order valence-corrected chi connectivity index (χ4v) is 3.62. The van der Waals surface area contributed by atoms with E-state index >= 15 is 0 Å². The molecule has 2 amide bonds. The summed E-state index contributed by atoms with van der Waals surface area (Å²) in [6, 6.07) is 0.361. The normalized spacial score (nSPS) is 25.8. The second-order valence-corrected chi connectivity index (χ2v) is 7.16. The first-order valence-electron chi connectivity index (χ1n) is 8.98. The van der Waals surface area contributed by atoms with E-state index < -0.39 is 0 Å². The Bertz CT molecular complexity index is 408. The molecule has 2 saturated heterocycles. The highest BCUT2D eigenvalue weighted by Gasteiger charge is 2.33. The molecule has 1 unspecified atom stereocenters. The van der Waals surface area contributed by atoms with Gasteiger partial charge in [-0.3, -0.25) is 14.5 Å². The summed E-state index contributed by atoms with van der Waals surface area (Å²) in [5, 5.41) is 3.08. The second-order valence-electron chi connectivity index (χ2n) is 7.16. The first kappa shape index (κ1) is 15.8. The molecule has 0 aromatic rings. The minimum atomic E-state index is -0.0633. The van der Waals surface area contributed by atoms with E-state index in [0.29, 0.717) is 11.9 Å². The zero-order valence-electron chi connectivity index (χ0n) is 13.7. The average molecular weight is 307 g/mol. The van der Waals surface area contributed by atoms with Crippen LogP contribution in [0.1, 0.15) is 51.9 Å². The number of hydrogen-bond donors (Lipinski definition) is 1. The molecule has 1 N–H and O–H groups in total. The van der Waals surface area contributed by atoms with Gasteiger partial charge >= 0.3 is 0 Å². The molecule has 3 fully saturated rings. The lowest BCUT2D eigenvalue weighted by atomic mass is 9.93. The van der Waals surface area contributed by atoms with Crippen LogP contribution in [-0.2, 0) is 9.59 Å². The summed E-state index contributed by atoms with van der Waals surface area (Å²) in [4.78, 5) is 29.0. The topological polar surface area (TPSA) is 52.7 Å². The van der Waals surface area contributed by atoms with Gasteiger partial charge in [-0.1, -0.05) is 0 Å². The van der Waals surface area contributed by atoms with Gasteiger partial charge in [0.15, 0.2) is 0 Å². The number of amides is 2. The number of nitrogens with zero attached hydrogens (tertiary/aromatic N) is 2. The summed E-state index contributed by atoms with van der Waals surface area (Å²) in [7, 11) is 0. The van der Waals surface area contributed by atoms with Crippen LogP contribution in [0.5, 0.6) is 0 Å². The highest BCUT2D eigenvalue weighted by atomic mass is 16.2. The van der Waals surface area contributed by atoms with Crippen molar-refractivity contribution in [3.63, 3.8) is 0 Å². The van der Waals surface area contributed by atoms with Crippen molar-refractivity contribution in [3.8, 4) is 0 Å². The highest BCUT2D eigenvalue weighted by Crippen LogP contribution is 2.24. The molecular formula is C17H29N3O2. The van der Waals surface area contributed by atoms with Crippen molar-refractivity contribution in [2.45, 2.75) is 64.0 Å². The lowest BCUT2D eigenvalue weighted by molar-refractivity contribution is -0.138. The zero-order chi connectivity index (χ0) is 15.5. The fraction of sp³-hybridized carbons (Fsp3) is 0.882. The van der Waals surface area contributed by atoms with E-state index in [-0.39, 0.29) is 17.9 Å². The van der Waals surface area contributed by atoms with Crippen molar-refractivity contribution in [1.29, 1.82) is 0 Å². The van der Waals surface area contributed by atoms with Crippen LogP contribution in [0.4, 0.5) is 0 Å². The van der Waals surface area contributed by atoms with Gasteiger partial charge < -0.3 is 10.2 Å². The first-order chi connectivity index (χ1) is 10.6. The third kappa shape index (κ3) is 3.80. The summed E-state index contributed by atoms with van der Waals surface area (Å²) < 4.78 is 0. The third-order valence-electron chi connectivity index (χ3n) is 5.40. The standard InChI is InChI=1S/C17H29N3O2/c1-13(16(21)18-15-5-6-15)19-11-7-14(8-12-19)17(22)20-9-3-2-4-10-20/h13-15H,2-12H2,1H3,(H,18,21). The molecule has 5 nitrogen and oxygen atoms in total. The Morgan fingerprint density at radius 3 is 2.18 bits per heavy atom. The molecule has 2 heterocycles. The number of hydrogen-bond acceptors (Lipinski definition) is 3. The Labute approximate surface area is 133 Å². The molecule has 0 spiro atoms. The smallest absolute Gasteiger partial charge is 0.237 e. The maximum Gasteiger partial charge on any atom is 0.237 e. The number of piperidine rings is 2. The van der Waals surface area contributed by atoms with Crippen LogP contribution < -0.4 is 5.32 Å². The Morgan fingerprint density at radius 1 is 0.955 bits per heavy atom.